The van der Waals surface area contributed by atoms with Crippen LogP contribution in [0.15, 0.2) is 42.5 Å². The normalized spacial score (nSPS) is 9.56. The smallest absolute Gasteiger partial charge is 0.309 e. The van der Waals surface area contributed by atoms with E-state index in [0.717, 1.165) is 5.56 Å². The van der Waals surface area contributed by atoms with E-state index in [-0.39, 0.29) is 12.4 Å². The molecule has 0 amide bonds. The van der Waals surface area contributed by atoms with E-state index >= 15 is 0 Å². The zero-order chi connectivity index (χ0) is 11.6. The summed E-state index contributed by atoms with van der Waals surface area (Å²) in [5, 5.41) is 0. The van der Waals surface area contributed by atoms with Gasteiger partial charge in [-0.25, -0.2) is 0 Å². The molecule has 1 aromatic carbocycles. The Bertz CT molecular complexity index is 407. The van der Waals surface area contributed by atoms with Gasteiger partial charge in [-0.05, 0) is 25.1 Å². The van der Waals surface area contributed by atoms with Crippen molar-refractivity contribution in [1.82, 2.24) is 0 Å². The van der Waals surface area contributed by atoms with Gasteiger partial charge in [0.2, 0.25) is 0 Å². The molecule has 82 valence electrons. The topological polar surface area (TPSA) is 26.3 Å². The number of carbonyl (C=O) groups excluding carboxylic acids is 1. The lowest BCUT2D eigenvalue weighted by atomic mass is 10.2. The molecule has 1 aromatic rings. The van der Waals surface area contributed by atoms with Crippen LogP contribution in [0.3, 0.4) is 0 Å². The van der Waals surface area contributed by atoms with Crippen molar-refractivity contribution in [2.24, 2.45) is 0 Å². The number of esters is 1. The maximum atomic E-state index is 11.0. The minimum atomic E-state index is -0.222. The molecular weight excluding hydrogens is 200 g/mol. The Balaban J connectivity index is 2.37. The second kappa shape index (κ2) is 7.30. The lowest BCUT2D eigenvalue weighted by Gasteiger charge is -1.95. The average Bonchev–Trinajstić information content (AvgIpc) is 2.30. The quantitative estimate of drug-likeness (QED) is 0.571. The lowest BCUT2D eigenvalue weighted by molar-refractivity contribution is -0.142. The average molecular weight is 214 g/mol. The minimum Gasteiger partial charge on any atom is -0.466 e. The Labute approximate surface area is 95.9 Å². The summed E-state index contributed by atoms with van der Waals surface area (Å²) in [5.74, 6) is 5.60. The predicted octanol–water partition coefficient (Wildman–Crippen LogP) is 2.55. The molecule has 0 spiro atoms. The minimum absolute atomic E-state index is 0.222. The van der Waals surface area contributed by atoms with Gasteiger partial charge in [0.15, 0.2) is 0 Å². The predicted molar refractivity (Wildman–Crippen MR) is 63.7 cm³/mol. The van der Waals surface area contributed by atoms with E-state index in [2.05, 4.69) is 11.8 Å². The van der Waals surface area contributed by atoms with Crippen molar-refractivity contribution in [2.75, 3.05) is 6.61 Å². The number of rotatable bonds is 3. The summed E-state index contributed by atoms with van der Waals surface area (Å²) in [6.07, 6.45) is 3.65. The van der Waals surface area contributed by atoms with E-state index in [1.807, 2.05) is 30.3 Å². The second-order valence-corrected chi connectivity index (χ2v) is 3.05. The van der Waals surface area contributed by atoms with Gasteiger partial charge in [-0.15, -0.1) is 0 Å². The van der Waals surface area contributed by atoms with Crippen LogP contribution in [0.4, 0.5) is 0 Å². The van der Waals surface area contributed by atoms with Crippen molar-refractivity contribution < 1.29 is 9.53 Å². The zero-order valence-electron chi connectivity index (χ0n) is 9.27. The zero-order valence-corrected chi connectivity index (χ0v) is 9.27. The summed E-state index contributed by atoms with van der Waals surface area (Å²) in [6.45, 7) is 2.21. The monoisotopic (exact) mass is 214 g/mol. The molecule has 0 fully saturated rings. The summed E-state index contributed by atoms with van der Waals surface area (Å²) in [5.41, 5.74) is 0.961. The van der Waals surface area contributed by atoms with E-state index in [4.69, 9.17) is 4.74 Å². The third kappa shape index (κ3) is 5.02. The summed E-state index contributed by atoms with van der Waals surface area (Å²) < 4.78 is 4.77. The highest BCUT2D eigenvalue weighted by Gasteiger charge is 1.94. The Morgan fingerprint density at radius 3 is 2.81 bits per heavy atom. The van der Waals surface area contributed by atoms with E-state index in [0.29, 0.717) is 6.61 Å². The van der Waals surface area contributed by atoms with Gasteiger partial charge in [0.1, 0.15) is 0 Å². The van der Waals surface area contributed by atoms with Crippen molar-refractivity contribution >= 4 is 5.97 Å². The molecule has 0 atom stereocenters. The molecule has 0 N–H and O–H groups in total. The van der Waals surface area contributed by atoms with Crippen molar-refractivity contribution in [3.8, 4) is 11.8 Å². The fourth-order valence-corrected chi connectivity index (χ4v) is 1.08. The summed E-state index contributed by atoms with van der Waals surface area (Å²) in [7, 11) is 0. The van der Waals surface area contributed by atoms with Crippen LogP contribution in [0, 0.1) is 11.8 Å². The Hall–Kier alpha value is -2.01. The molecule has 2 nitrogen and oxygen atoms in total. The molecule has 0 heterocycles. The van der Waals surface area contributed by atoms with E-state index in [1.54, 1.807) is 19.1 Å². The SMILES string of the molecule is CCOC(=O)C/C=C\C#Cc1ccccc1. The molecule has 0 saturated carbocycles. The number of ether oxygens (including phenoxy) is 1. The lowest BCUT2D eigenvalue weighted by Crippen LogP contribution is -2.01. The van der Waals surface area contributed by atoms with Crippen molar-refractivity contribution in [1.29, 1.82) is 0 Å². The summed E-state index contributed by atoms with van der Waals surface area (Å²) in [4.78, 5) is 11.0. The maximum Gasteiger partial charge on any atom is 0.309 e. The van der Waals surface area contributed by atoms with Crippen molar-refractivity contribution in [3.63, 3.8) is 0 Å². The van der Waals surface area contributed by atoms with Gasteiger partial charge in [-0.2, -0.15) is 0 Å². The van der Waals surface area contributed by atoms with Gasteiger partial charge in [-0.3, -0.25) is 4.79 Å². The summed E-state index contributed by atoms with van der Waals surface area (Å²) in [6, 6.07) is 9.69. The highest BCUT2D eigenvalue weighted by Crippen LogP contribution is 1.94. The molecule has 0 saturated heterocycles. The first-order chi connectivity index (χ1) is 7.83. The van der Waals surface area contributed by atoms with Crippen molar-refractivity contribution in [3.05, 3.63) is 48.0 Å². The second-order valence-electron chi connectivity index (χ2n) is 3.05. The Morgan fingerprint density at radius 2 is 2.12 bits per heavy atom. The molecule has 0 bridgehead atoms. The van der Waals surface area contributed by atoms with Crippen LogP contribution in [0.1, 0.15) is 18.9 Å². The van der Waals surface area contributed by atoms with Crippen LogP contribution in [0.5, 0.6) is 0 Å². The molecule has 0 aromatic heterocycles. The van der Waals surface area contributed by atoms with Crippen molar-refractivity contribution in [2.45, 2.75) is 13.3 Å². The number of allylic oxidation sites excluding steroid dienone is 1. The molecular formula is C14H14O2. The number of benzene rings is 1. The molecule has 0 radical (unpaired) electrons. The van der Waals surface area contributed by atoms with Crippen LogP contribution in [0.2, 0.25) is 0 Å². The third-order valence-corrected chi connectivity index (χ3v) is 1.78. The first kappa shape index (κ1) is 12.1. The van der Waals surface area contributed by atoms with E-state index in [9.17, 15) is 4.79 Å². The van der Waals surface area contributed by atoms with E-state index in [1.165, 1.54) is 0 Å². The van der Waals surface area contributed by atoms with Crippen LogP contribution < -0.4 is 0 Å². The van der Waals surface area contributed by atoms with Gasteiger partial charge in [0.05, 0.1) is 13.0 Å². The summed E-state index contributed by atoms with van der Waals surface area (Å²) >= 11 is 0. The van der Waals surface area contributed by atoms with Crippen LogP contribution >= 0.6 is 0 Å². The highest BCUT2D eigenvalue weighted by atomic mass is 16.5. The third-order valence-electron chi connectivity index (χ3n) is 1.78. The molecule has 0 aliphatic carbocycles. The fraction of sp³-hybridized carbons (Fsp3) is 0.214. The van der Waals surface area contributed by atoms with Crippen LogP contribution in [-0.2, 0) is 9.53 Å². The van der Waals surface area contributed by atoms with Gasteiger partial charge in [0, 0.05) is 5.56 Å². The fourth-order valence-electron chi connectivity index (χ4n) is 1.08. The molecule has 0 aliphatic rings. The largest absolute Gasteiger partial charge is 0.466 e. The van der Waals surface area contributed by atoms with Crippen LogP contribution in [-0.4, -0.2) is 12.6 Å². The van der Waals surface area contributed by atoms with E-state index < -0.39 is 0 Å². The Morgan fingerprint density at radius 1 is 1.38 bits per heavy atom. The molecule has 2 heteroatoms. The Kier molecular flexibility index (Phi) is 5.51. The number of carbonyl (C=O) groups is 1. The van der Waals surface area contributed by atoms with Gasteiger partial charge >= 0.3 is 5.97 Å². The van der Waals surface area contributed by atoms with Crippen LogP contribution in [0.25, 0.3) is 0 Å². The maximum absolute atomic E-state index is 11.0. The molecule has 0 unspecified atom stereocenters. The highest BCUT2D eigenvalue weighted by molar-refractivity contribution is 5.71. The van der Waals surface area contributed by atoms with Gasteiger partial charge < -0.3 is 4.74 Å². The number of hydrogen-bond acceptors (Lipinski definition) is 2. The first-order valence-electron chi connectivity index (χ1n) is 5.20. The first-order valence-corrected chi connectivity index (χ1v) is 5.20. The number of hydrogen-bond donors (Lipinski definition) is 0. The van der Waals surface area contributed by atoms with Gasteiger partial charge in [-0.1, -0.05) is 36.1 Å². The molecule has 0 aliphatic heterocycles. The standard InChI is InChI=1S/C14H14O2/c1-2-16-14(15)12-8-4-7-11-13-9-5-3-6-10-13/h3-6,8-10H,2,12H2,1H3/b8-4-. The molecule has 16 heavy (non-hydrogen) atoms. The van der Waals surface area contributed by atoms with Gasteiger partial charge in [0.25, 0.3) is 0 Å². The molecule has 1 rings (SSSR count).